The molecule has 0 amide bonds. The number of rotatable bonds is 2. The zero-order valence-electron chi connectivity index (χ0n) is 9.58. The van der Waals surface area contributed by atoms with Gasteiger partial charge in [-0.15, -0.1) is 0 Å². The highest BCUT2D eigenvalue weighted by Crippen LogP contribution is 2.57. The molecule has 4 fully saturated rings. The van der Waals surface area contributed by atoms with Gasteiger partial charge in [-0.25, -0.2) is 4.79 Å². The predicted octanol–water partition coefficient (Wildman–Crippen LogP) is 1.77. The van der Waals surface area contributed by atoms with E-state index in [2.05, 4.69) is 6.58 Å². The average Bonchev–Trinajstić information content (AvgIpc) is 2.12. The molecule has 2 N–H and O–H groups in total. The first-order chi connectivity index (χ1) is 7.53. The zero-order valence-corrected chi connectivity index (χ0v) is 9.58. The Morgan fingerprint density at radius 3 is 2.44 bits per heavy atom. The summed E-state index contributed by atoms with van der Waals surface area (Å²) in [5.41, 5.74) is 6.08. The van der Waals surface area contributed by atoms with Crippen LogP contribution in [0.1, 0.15) is 38.5 Å². The summed E-state index contributed by atoms with van der Waals surface area (Å²) in [4.78, 5) is 11.4. The monoisotopic (exact) mass is 221 g/mol. The second kappa shape index (κ2) is 3.10. The zero-order chi connectivity index (χ0) is 11.4. The molecule has 2 atom stereocenters. The minimum absolute atomic E-state index is 0.0640. The Morgan fingerprint density at radius 1 is 1.31 bits per heavy atom. The molecule has 0 heterocycles. The van der Waals surface area contributed by atoms with Crippen molar-refractivity contribution in [2.24, 2.45) is 17.6 Å². The topological polar surface area (TPSA) is 52.3 Å². The van der Waals surface area contributed by atoms with Crippen LogP contribution < -0.4 is 5.73 Å². The highest BCUT2D eigenvalue weighted by molar-refractivity contribution is 5.81. The van der Waals surface area contributed by atoms with Crippen molar-refractivity contribution in [2.75, 3.05) is 0 Å². The maximum absolute atomic E-state index is 11.4. The standard InChI is InChI=1S/C13H19NO2/c1-2-11(15)16-13-6-9-3-10(7-13)5-12(14,4-9)8-13/h2,9-10H,1,3-8,14H2. The SMILES string of the molecule is C=CC(=O)OC12CC3CC(CC(N)(C3)C1)C2. The van der Waals surface area contributed by atoms with E-state index in [0.29, 0.717) is 11.8 Å². The van der Waals surface area contributed by atoms with E-state index < -0.39 is 0 Å². The maximum atomic E-state index is 11.4. The van der Waals surface area contributed by atoms with Crippen molar-refractivity contribution in [3.8, 4) is 0 Å². The lowest BCUT2D eigenvalue weighted by atomic mass is 9.51. The molecule has 88 valence electrons. The number of carbonyl (C=O) groups excluding carboxylic acids is 1. The van der Waals surface area contributed by atoms with E-state index in [9.17, 15) is 4.79 Å². The van der Waals surface area contributed by atoms with Gasteiger partial charge in [-0.1, -0.05) is 6.58 Å². The first-order valence-electron chi connectivity index (χ1n) is 6.17. The Kier molecular flexibility index (Phi) is 2.00. The Labute approximate surface area is 96.0 Å². The second-order valence-corrected chi connectivity index (χ2v) is 6.13. The van der Waals surface area contributed by atoms with Gasteiger partial charge in [-0.05, 0) is 43.9 Å². The molecule has 0 radical (unpaired) electrons. The minimum Gasteiger partial charge on any atom is -0.456 e. The van der Waals surface area contributed by atoms with Gasteiger partial charge >= 0.3 is 5.97 Å². The summed E-state index contributed by atoms with van der Waals surface area (Å²) in [6.45, 7) is 3.47. The van der Waals surface area contributed by atoms with Crippen LogP contribution in [0.15, 0.2) is 12.7 Å². The van der Waals surface area contributed by atoms with Crippen molar-refractivity contribution in [1.29, 1.82) is 0 Å². The van der Waals surface area contributed by atoms with E-state index in [0.717, 1.165) is 32.1 Å². The summed E-state index contributed by atoms with van der Waals surface area (Å²) < 4.78 is 5.63. The van der Waals surface area contributed by atoms with Crippen LogP contribution in [-0.2, 0) is 9.53 Å². The van der Waals surface area contributed by atoms with Crippen LogP contribution in [0.2, 0.25) is 0 Å². The van der Waals surface area contributed by atoms with Crippen molar-refractivity contribution < 1.29 is 9.53 Å². The maximum Gasteiger partial charge on any atom is 0.330 e. The lowest BCUT2D eigenvalue weighted by Gasteiger charge is -2.59. The molecule has 4 aliphatic carbocycles. The van der Waals surface area contributed by atoms with Crippen molar-refractivity contribution in [3.63, 3.8) is 0 Å². The summed E-state index contributed by atoms with van der Waals surface area (Å²) in [5.74, 6) is 1.05. The summed E-state index contributed by atoms with van der Waals surface area (Å²) in [6.07, 6.45) is 7.68. The molecular formula is C13H19NO2. The molecule has 0 aromatic rings. The minimum atomic E-state index is -0.287. The van der Waals surface area contributed by atoms with Crippen LogP contribution in [0, 0.1) is 11.8 Å². The van der Waals surface area contributed by atoms with Crippen LogP contribution in [0.4, 0.5) is 0 Å². The first kappa shape index (κ1) is 10.3. The van der Waals surface area contributed by atoms with Crippen LogP contribution in [0.3, 0.4) is 0 Å². The molecule has 4 aliphatic rings. The van der Waals surface area contributed by atoms with Gasteiger partial charge in [0.1, 0.15) is 5.60 Å². The van der Waals surface area contributed by atoms with Gasteiger partial charge in [0.2, 0.25) is 0 Å². The number of esters is 1. The molecule has 2 unspecified atom stereocenters. The molecule has 4 rings (SSSR count). The second-order valence-electron chi connectivity index (χ2n) is 6.13. The van der Waals surface area contributed by atoms with E-state index in [1.807, 2.05) is 0 Å². The van der Waals surface area contributed by atoms with E-state index >= 15 is 0 Å². The summed E-state index contributed by atoms with van der Waals surface area (Å²) >= 11 is 0. The quantitative estimate of drug-likeness (QED) is 0.571. The Morgan fingerprint density at radius 2 is 1.94 bits per heavy atom. The lowest BCUT2D eigenvalue weighted by molar-refractivity contribution is -0.183. The number of carbonyl (C=O) groups is 1. The van der Waals surface area contributed by atoms with Crippen molar-refractivity contribution in [3.05, 3.63) is 12.7 Å². The molecule has 0 saturated heterocycles. The molecule has 0 aromatic carbocycles. The van der Waals surface area contributed by atoms with Crippen LogP contribution in [0.25, 0.3) is 0 Å². The van der Waals surface area contributed by atoms with Gasteiger partial charge in [0.05, 0.1) is 0 Å². The predicted molar refractivity (Wildman–Crippen MR) is 60.6 cm³/mol. The Hall–Kier alpha value is -0.830. The van der Waals surface area contributed by atoms with Gasteiger partial charge in [-0.2, -0.15) is 0 Å². The van der Waals surface area contributed by atoms with E-state index in [1.165, 1.54) is 12.5 Å². The van der Waals surface area contributed by atoms with Crippen LogP contribution >= 0.6 is 0 Å². The lowest BCUT2D eigenvalue weighted by Crippen LogP contribution is -2.63. The normalized spacial score (nSPS) is 49.1. The Balaban J connectivity index is 1.86. The fourth-order valence-electron chi connectivity index (χ4n) is 4.62. The summed E-state index contributed by atoms with van der Waals surface area (Å²) in [5, 5.41) is 0. The molecular weight excluding hydrogens is 202 g/mol. The number of hydrogen-bond donors (Lipinski definition) is 1. The highest BCUT2D eigenvalue weighted by Gasteiger charge is 2.58. The smallest absolute Gasteiger partial charge is 0.330 e. The van der Waals surface area contributed by atoms with E-state index in [4.69, 9.17) is 10.5 Å². The summed E-state index contributed by atoms with van der Waals surface area (Å²) in [6, 6.07) is 0. The van der Waals surface area contributed by atoms with Crippen LogP contribution in [-0.4, -0.2) is 17.1 Å². The average molecular weight is 221 g/mol. The van der Waals surface area contributed by atoms with Gasteiger partial charge in [-0.3, -0.25) is 0 Å². The number of nitrogens with two attached hydrogens (primary N) is 1. The molecule has 0 aromatic heterocycles. The van der Waals surface area contributed by atoms with Gasteiger partial charge < -0.3 is 10.5 Å². The Bertz CT molecular complexity index is 336. The molecule has 16 heavy (non-hydrogen) atoms. The van der Waals surface area contributed by atoms with Crippen LogP contribution in [0.5, 0.6) is 0 Å². The molecule has 4 saturated carbocycles. The molecule has 3 nitrogen and oxygen atoms in total. The number of ether oxygens (including phenoxy) is 1. The number of hydrogen-bond acceptors (Lipinski definition) is 3. The largest absolute Gasteiger partial charge is 0.456 e. The fraction of sp³-hybridized carbons (Fsp3) is 0.769. The summed E-state index contributed by atoms with van der Waals surface area (Å²) in [7, 11) is 0. The van der Waals surface area contributed by atoms with E-state index in [1.54, 1.807) is 0 Å². The third kappa shape index (κ3) is 1.49. The van der Waals surface area contributed by atoms with Gasteiger partial charge in [0.15, 0.2) is 0 Å². The third-order valence-corrected chi connectivity index (χ3v) is 4.54. The van der Waals surface area contributed by atoms with Gasteiger partial charge in [0, 0.05) is 18.0 Å². The molecule has 0 spiro atoms. The third-order valence-electron chi connectivity index (χ3n) is 4.54. The first-order valence-corrected chi connectivity index (χ1v) is 6.17. The molecule has 3 heteroatoms. The molecule has 0 aliphatic heterocycles. The van der Waals surface area contributed by atoms with Crippen molar-refractivity contribution in [2.45, 2.75) is 49.7 Å². The van der Waals surface area contributed by atoms with Crippen molar-refractivity contribution >= 4 is 5.97 Å². The highest BCUT2D eigenvalue weighted by atomic mass is 16.6. The fourth-order valence-corrected chi connectivity index (χ4v) is 4.62. The van der Waals surface area contributed by atoms with Crippen molar-refractivity contribution in [1.82, 2.24) is 0 Å². The van der Waals surface area contributed by atoms with Gasteiger partial charge in [0.25, 0.3) is 0 Å². The van der Waals surface area contributed by atoms with E-state index in [-0.39, 0.29) is 17.1 Å². The molecule has 4 bridgehead atoms.